The van der Waals surface area contributed by atoms with Gasteiger partial charge in [-0.25, -0.2) is 4.39 Å². The normalized spacial score (nSPS) is 10.4. The van der Waals surface area contributed by atoms with Gasteiger partial charge >= 0.3 is 0 Å². The van der Waals surface area contributed by atoms with Crippen LogP contribution in [0.15, 0.2) is 36.5 Å². The minimum Gasteiger partial charge on any atom is -0.294 e. The summed E-state index contributed by atoms with van der Waals surface area (Å²) in [5.74, 6) is -0.600. The zero-order valence-electron chi connectivity index (χ0n) is 9.78. The Hall–Kier alpha value is -1.74. The molecule has 0 radical (unpaired) electrons. The number of pyridine rings is 1. The van der Waals surface area contributed by atoms with Crippen molar-refractivity contribution in [2.75, 3.05) is 0 Å². The van der Waals surface area contributed by atoms with Crippen LogP contribution < -0.4 is 0 Å². The molecule has 0 amide bonds. The van der Waals surface area contributed by atoms with Crippen LogP contribution in [0.25, 0.3) is 0 Å². The number of carbonyl (C=O) groups is 1. The quantitative estimate of drug-likeness (QED) is 0.792. The van der Waals surface area contributed by atoms with E-state index in [0.29, 0.717) is 16.1 Å². The Morgan fingerprint density at radius 1 is 1.33 bits per heavy atom. The Balaban J connectivity index is 2.21. The van der Waals surface area contributed by atoms with Crippen molar-refractivity contribution < 1.29 is 9.18 Å². The van der Waals surface area contributed by atoms with Crippen molar-refractivity contribution in [3.8, 4) is 0 Å². The fourth-order valence-electron chi connectivity index (χ4n) is 1.59. The van der Waals surface area contributed by atoms with E-state index in [1.807, 2.05) is 6.92 Å². The van der Waals surface area contributed by atoms with E-state index in [1.54, 1.807) is 12.1 Å². The van der Waals surface area contributed by atoms with Gasteiger partial charge in [0.25, 0.3) is 0 Å². The van der Waals surface area contributed by atoms with Gasteiger partial charge in [0, 0.05) is 28.9 Å². The number of nitrogens with zero attached hydrogens (tertiary/aromatic N) is 1. The first-order valence-corrected chi connectivity index (χ1v) is 5.84. The van der Waals surface area contributed by atoms with E-state index < -0.39 is 5.82 Å². The van der Waals surface area contributed by atoms with Crippen molar-refractivity contribution in [1.82, 2.24) is 4.98 Å². The standard InChI is InChI=1S/C14H11ClFNO/c1-9-2-3-10(8-17-9)14(18)7-11-6-12(15)4-5-13(11)16/h2-6,8H,7H2,1H3. The molecular formula is C14H11ClFNO. The molecule has 2 aromatic rings. The molecule has 0 bridgehead atoms. The number of ketones is 1. The zero-order chi connectivity index (χ0) is 13.1. The second kappa shape index (κ2) is 5.27. The summed E-state index contributed by atoms with van der Waals surface area (Å²) in [6.07, 6.45) is 1.48. The maximum atomic E-state index is 13.5. The summed E-state index contributed by atoms with van der Waals surface area (Å²) in [5, 5.41) is 0.418. The molecule has 1 aromatic heterocycles. The van der Waals surface area contributed by atoms with Crippen molar-refractivity contribution in [1.29, 1.82) is 0 Å². The van der Waals surface area contributed by atoms with Crippen LogP contribution in [0.3, 0.4) is 0 Å². The third-order valence-electron chi connectivity index (χ3n) is 2.59. The van der Waals surface area contributed by atoms with E-state index in [0.717, 1.165) is 5.69 Å². The van der Waals surface area contributed by atoms with Gasteiger partial charge < -0.3 is 0 Å². The van der Waals surface area contributed by atoms with Gasteiger partial charge in [0.05, 0.1) is 0 Å². The molecule has 0 fully saturated rings. The Morgan fingerprint density at radius 3 is 2.78 bits per heavy atom. The zero-order valence-corrected chi connectivity index (χ0v) is 10.5. The number of halogens is 2. The highest BCUT2D eigenvalue weighted by atomic mass is 35.5. The minimum absolute atomic E-state index is 0.0167. The summed E-state index contributed by atoms with van der Waals surface area (Å²) >= 11 is 5.78. The number of carbonyl (C=O) groups excluding carboxylic acids is 1. The molecule has 18 heavy (non-hydrogen) atoms. The Morgan fingerprint density at radius 2 is 2.11 bits per heavy atom. The van der Waals surface area contributed by atoms with Crippen molar-refractivity contribution in [3.05, 3.63) is 64.2 Å². The Bertz CT molecular complexity index is 581. The van der Waals surface area contributed by atoms with Crippen LogP contribution in [-0.4, -0.2) is 10.8 Å². The first-order chi connectivity index (χ1) is 8.56. The number of Topliss-reactive ketones (excluding diaryl/α,β-unsaturated/α-hetero) is 1. The molecule has 0 unspecified atom stereocenters. The van der Waals surface area contributed by atoms with E-state index in [2.05, 4.69) is 4.98 Å². The topological polar surface area (TPSA) is 30.0 Å². The summed E-state index contributed by atoms with van der Waals surface area (Å²) < 4.78 is 13.5. The monoisotopic (exact) mass is 263 g/mol. The van der Waals surface area contributed by atoms with E-state index in [1.165, 1.54) is 24.4 Å². The fourth-order valence-corrected chi connectivity index (χ4v) is 1.78. The summed E-state index contributed by atoms with van der Waals surface area (Å²) in [6.45, 7) is 1.84. The largest absolute Gasteiger partial charge is 0.294 e. The van der Waals surface area contributed by atoms with Crippen LogP contribution in [0.4, 0.5) is 4.39 Å². The van der Waals surface area contributed by atoms with Gasteiger partial charge in [-0.3, -0.25) is 9.78 Å². The SMILES string of the molecule is Cc1ccc(C(=O)Cc2cc(Cl)ccc2F)cn1. The van der Waals surface area contributed by atoms with Gasteiger partial charge in [-0.1, -0.05) is 11.6 Å². The van der Waals surface area contributed by atoms with Gasteiger partial charge in [-0.2, -0.15) is 0 Å². The highest BCUT2D eigenvalue weighted by Crippen LogP contribution is 2.17. The number of hydrogen-bond acceptors (Lipinski definition) is 2. The molecule has 1 aromatic carbocycles. The summed E-state index contributed by atoms with van der Waals surface area (Å²) in [5.41, 5.74) is 1.61. The number of hydrogen-bond donors (Lipinski definition) is 0. The lowest BCUT2D eigenvalue weighted by Gasteiger charge is -2.04. The Kier molecular flexibility index (Phi) is 3.72. The third kappa shape index (κ3) is 2.93. The minimum atomic E-state index is -0.423. The van der Waals surface area contributed by atoms with Gasteiger partial charge in [0.1, 0.15) is 5.82 Å². The average molecular weight is 264 g/mol. The van der Waals surface area contributed by atoms with Gasteiger partial charge in [0.2, 0.25) is 0 Å². The average Bonchev–Trinajstić information content (AvgIpc) is 2.34. The maximum absolute atomic E-state index is 13.5. The number of aromatic nitrogens is 1. The molecule has 1 heterocycles. The van der Waals surface area contributed by atoms with Crippen LogP contribution in [0.1, 0.15) is 21.6 Å². The number of benzene rings is 1. The van der Waals surface area contributed by atoms with E-state index >= 15 is 0 Å². The Labute approximate surface area is 109 Å². The molecule has 0 atom stereocenters. The highest BCUT2D eigenvalue weighted by molar-refractivity contribution is 6.30. The van der Waals surface area contributed by atoms with Crippen molar-refractivity contribution in [2.45, 2.75) is 13.3 Å². The van der Waals surface area contributed by atoms with Gasteiger partial charge in [-0.15, -0.1) is 0 Å². The number of rotatable bonds is 3. The first kappa shape index (κ1) is 12.7. The van der Waals surface area contributed by atoms with Crippen molar-refractivity contribution in [2.24, 2.45) is 0 Å². The molecule has 0 N–H and O–H groups in total. The summed E-state index contributed by atoms with van der Waals surface area (Å²) in [4.78, 5) is 16.0. The van der Waals surface area contributed by atoms with Crippen molar-refractivity contribution in [3.63, 3.8) is 0 Å². The molecule has 0 spiro atoms. The number of aryl methyl sites for hydroxylation is 1. The van der Waals surface area contributed by atoms with Gasteiger partial charge in [0.15, 0.2) is 5.78 Å². The summed E-state index contributed by atoms with van der Waals surface area (Å²) in [6, 6.07) is 7.63. The van der Waals surface area contributed by atoms with E-state index in [4.69, 9.17) is 11.6 Å². The second-order valence-electron chi connectivity index (χ2n) is 4.02. The van der Waals surface area contributed by atoms with Crippen LogP contribution in [0.5, 0.6) is 0 Å². The predicted octanol–water partition coefficient (Wildman–Crippen LogP) is 3.61. The van der Waals surface area contributed by atoms with Crippen LogP contribution >= 0.6 is 11.6 Å². The lowest BCUT2D eigenvalue weighted by molar-refractivity contribution is 0.0991. The summed E-state index contributed by atoms with van der Waals surface area (Å²) in [7, 11) is 0. The van der Waals surface area contributed by atoms with Crippen LogP contribution in [-0.2, 0) is 6.42 Å². The molecule has 0 aliphatic rings. The van der Waals surface area contributed by atoms with Crippen LogP contribution in [0, 0.1) is 12.7 Å². The van der Waals surface area contributed by atoms with Gasteiger partial charge in [-0.05, 0) is 42.8 Å². The third-order valence-corrected chi connectivity index (χ3v) is 2.83. The molecule has 2 rings (SSSR count). The maximum Gasteiger partial charge on any atom is 0.168 e. The molecule has 0 saturated heterocycles. The predicted molar refractivity (Wildman–Crippen MR) is 68.4 cm³/mol. The molecule has 4 heteroatoms. The first-order valence-electron chi connectivity index (χ1n) is 5.46. The highest BCUT2D eigenvalue weighted by Gasteiger charge is 2.11. The fraction of sp³-hybridized carbons (Fsp3) is 0.143. The molecule has 0 saturated carbocycles. The molecule has 0 aliphatic heterocycles. The van der Waals surface area contributed by atoms with Crippen molar-refractivity contribution >= 4 is 17.4 Å². The molecule has 92 valence electrons. The smallest absolute Gasteiger partial charge is 0.168 e. The molecular weight excluding hydrogens is 253 g/mol. The van der Waals surface area contributed by atoms with E-state index in [9.17, 15) is 9.18 Å². The second-order valence-corrected chi connectivity index (χ2v) is 4.46. The molecule has 2 nitrogen and oxygen atoms in total. The lowest BCUT2D eigenvalue weighted by Crippen LogP contribution is -2.06. The lowest BCUT2D eigenvalue weighted by atomic mass is 10.0. The van der Waals surface area contributed by atoms with Crippen LogP contribution in [0.2, 0.25) is 5.02 Å². The molecule has 0 aliphatic carbocycles. The van der Waals surface area contributed by atoms with E-state index in [-0.39, 0.29) is 12.2 Å².